The average Bonchev–Trinajstić information content (AvgIpc) is 3.41. The lowest BCUT2D eigenvalue weighted by Crippen LogP contribution is -2.45. The molecule has 2 fully saturated rings. The van der Waals surface area contributed by atoms with E-state index in [1.807, 2.05) is 6.07 Å². The molecule has 0 unspecified atom stereocenters. The molecule has 5 heteroatoms. The number of pyridine rings is 2. The molecular weight excluding hydrogens is 377 g/mol. The van der Waals surface area contributed by atoms with Gasteiger partial charge in [-0.25, -0.2) is 4.39 Å². The van der Waals surface area contributed by atoms with E-state index in [2.05, 4.69) is 47.0 Å². The first kappa shape index (κ1) is 21.4. The minimum Gasteiger partial charge on any atom is -0.381 e. The van der Waals surface area contributed by atoms with Crippen LogP contribution >= 0.6 is 0 Å². The summed E-state index contributed by atoms with van der Waals surface area (Å²) in [6, 6.07) is 7.76. The number of aromatic nitrogens is 2. The SMILES string of the molecule is CCOC[C@@]1(CCc2ccc(F)cn2)CCN(C2(c3ccc(C)nc3)CCCC2)C1. The molecule has 162 valence electrons. The van der Waals surface area contributed by atoms with Gasteiger partial charge in [0.15, 0.2) is 0 Å². The monoisotopic (exact) mass is 411 g/mol. The molecule has 2 aromatic rings. The van der Waals surface area contributed by atoms with Crippen LogP contribution < -0.4 is 0 Å². The largest absolute Gasteiger partial charge is 0.381 e. The van der Waals surface area contributed by atoms with Gasteiger partial charge in [0.05, 0.1) is 12.8 Å². The van der Waals surface area contributed by atoms with Gasteiger partial charge < -0.3 is 4.74 Å². The van der Waals surface area contributed by atoms with Crippen molar-refractivity contribution < 1.29 is 9.13 Å². The molecule has 0 spiro atoms. The van der Waals surface area contributed by atoms with E-state index in [0.29, 0.717) is 0 Å². The number of hydrogen-bond donors (Lipinski definition) is 0. The Morgan fingerprint density at radius 3 is 2.57 bits per heavy atom. The molecule has 3 heterocycles. The molecule has 0 aromatic carbocycles. The Morgan fingerprint density at radius 1 is 1.07 bits per heavy atom. The second-order valence-electron chi connectivity index (χ2n) is 9.20. The van der Waals surface area contributed by atoms with Gasteiger partial charge in [-0.1, -0.05) is 18.9 Å². The molecule has 2 aliphatic rings. The van der Waals surface area contributed by atoms with Crippen molar-refractivity contribution in [1.29, 1.82) is 0 Å². The summed E-state index contributed by atoms with van der Waals surface area (Å²) in [6.45, 7) is 7.78. The summed E-state index contributed by atoms with van der Waals surface area (Å²) in [5, 5.41) is 0. The van der Waals surface area contributed by atoms with Crippen molar-refractivity contribution in [1.82, 2.24) is 14.9 Å². The zero-order chi connectivity index (χ0) is 21.0. The zero-order valence-electron chi connectivity index (χ0n) is 18.4. The summed E-state index contributed by atoms with van der Waals surface area (Å²) in [6.07, 6.45) is 11.4. The Bertz CT molecular complexity index is 817. The van der Waals surface area contributed by atoms with Gasteiger partial charge in [-0.05, 0) is 76.3 Å². The summed E-state index contributed by atoms with van der Waals surface area (Å²) < 4.78 is 19.2. The van der Waals surface area contributed by atoms with Gasteiger partial charge in [-0.3, -0.25) is 14.9 Å². The smallest absolute Gasteiger partial charge is 0.141 e. The number of hydrogen-bond acceptors (Lipinski definition) is 4. The maximum absolute atomic E-state index is 13.2. The molecule has 30 heavy (non-hydrogen) atoms. The van der Waals surface area contributed by atoms with Gasteiger partial charge in [0.2, 0.25) is 0 Å². The standard InChI is InChI=1S/C25H34FN3O/c1-3-30-19-24(13-10-23-9-8-22(26)17-28-23)14-15-29(18-24)25(11-4-5-12-25)21-7-6-20(2)27-16-21/h6-9,16-17H,3-5,10-15,18-19H2,1-2H3/t24-/m0/s1. The molecule has 1 saturated carbocycles. The molecule has 0 bridgehead atoms. The van der Waals surface area contributed by atoms with E-state index >= 15 is 0 Å². The first-order valence-corrected chi connectivity index (χ1v) is 11.4. The van der Waals surface area contributed by atoms with E-state index in [9.17, 15) is 4.39 Å². The highest BCUT2D eigenvalue weighted by Gasteiger charge is 2.48. The molecule has 1 saturated heterocycles. The predicted molar refractivity (Wildman–Crippen MR) is 117 cm³/mol. The molecule has 1 aliphatic heterocycles. The van der Waals surface area contributed by atoms with Gasteiger partial charge in [-0.15, -0.1) is 0 Å². The van der Waals surface area contributed by atoms with Crippen LogP contribution in [-0.2, 0) is 16.7 Å². The minimum absolute atomic E-state index is 0.114. The molecule has 1 aliphatic carbocycles. The Morgan fingerprint density at radius 2 is 1.90 bits per heavy atom. The number of likely N-dealkylation sites (tertiary alicyclic amines) is 1. The van der Waals surface area contributed by atoms with Gasteiger partial charge in [0, 0.05) is 41.7 Å². The van der Waals surface area contributed by atoms with Gasteiger partial charge in [-0.2, -0.15) is 0 Å². The lowest BCUT2D eigenvalue weighted by molar-refractivity contribution is 0.0332. The molecule has 4 nitrogen and oxygen atoms in total. The van der Waals surface area contributed by atoms with Crippen molar-refractivity contribution in [2.45, 2.75) is 64.3 Å². The number of aryl methyl sites for hydroxylation is 2. The van der Waals surface area contributed by atoms with Crippen LogP contribution in [0.1, 0.15) is 62.4 Å². The Kier molecular flexibility index (Phi) is 6.49. The van der Waals surface area contributed by atoms with Crippen LogP contribution in [0.15, 0.2) is 36.7 Å². The van der Waals surface area contributed by atoms with E-state index in [1.165, 1.54) is 43.5 Å². The van der Waals surface area contributed by atoms with Crippen molar-refractivity contribution in [3.63, 3.8) is 0 Å². The highest BCUT2D eigenvalue weighted by Crippen LogP contribution is 2.49. The second kappa shape index (κ2) is 9.11. The fraction of sp³-hybridized carbons (Fsp3) is 0.600. The van der Waals surface area contributed by atoms with E-state index in [1.54, 1.807) is 0 Å². The first-order valence-electron chi connectivity index (χ1n) is 11.4. The highest BCUT2D eigenvalue weighted by atomic mass is 19.1. The average molecular weight is 412 g/mol. The van der Waals surface area contributed by atoms with E-state index in [-0.39, 0.29) is 16.8 Å². The zero-order valence-corrected chi connectivity index (χ0v) is 18.4. The quantitative estimate of drug-likeness (QED) is 0.609. The molecule has 4 rings (SSSR count). The summed E-state index contributed by atoms with van der Waals surface area (Å²) in [5.74, 6) is -0.273. The van der Waals surface area contributed by atoms with Gasteiger partial charge in [0.25, 0.3) is 0 Å². The molecule has 0 radical (unpaired) electrons. The van der Waals surface area contributed by atoms with Crippen molar-refractivity contribution in [3.05, 3.63) is 59.4 Å². The maximum Gasteiger partial charge on any atom is 0.141 e. The van der Waals surface area contributed by atoms with Crippen LogP contribution in [0.4, 0.5) is 4.39 Å². The predicted octanol–water partition coefficient (Wildman–Crippen LogP) is 5.05. The Hall–Kier alpha value is -1.85. The normalized spacial score (nSPS) is 23.8. The van der Waals surface area contributed by atoms with Crippen molar-refractivity contribution in [2.24, 2.45) is 5.41 Å². The number of rotatable bonds is 8. The van der Waals surface area contributed by atoms with Crippen molar-refractivity contribution >= 4 is 0 Å². The van der Waals surface area contributed by atoms with E-state index < -0.39 is 0 Å². The Labute approximate surface area is 179 Å². The maximum atomic E-state index is 13.2. The van der Waals surface area contributed by atoms with E-state index in [4.69, 9.17) is 4.74 Å². The van der Waals surface area contributed by atoms with Crippen molar-refractivity contribution in [3.8, 4) is 0 Å². The highest BCUT2D eigenvalue weighted by molar-refractivity contribution is 5.25. The van der Waals surface area contributed by atoms with Crippen LogP contribution in [0.5, 0.6) is 0 Å². The number of ether oxygens (including phenoxy) is 1. The number of halogens is 1. The van der Waals surface area contributed by atoms with Crippen LogP contribution in [0.25, 0.3) is 0 Å². The van der Waals surface area contributed by atoms with E-state index in [0.717, 1.165) is 57.0 Å². The van der Waals surface area contributed by atoms with Crippen molar-refractivity contribution in [2.75, 3.05) is 26.3 Å². The third-order valence-corrected chi connectivity index (χ3v) is 7.24. The topological polar surface area (TPSA) is 38.2 Å². The summed E-state index contributed by atoms with van der Waals surface area (Å²) in [4.78, 5) is 11.6. The molecule has 1 atom stereocenters. The third-order valence-electron chi connectivity index (χ3n) is 7.24. The fourth-order valence-corrected chi connectivity index (χ4v) is 5.45. The van der Waals surface area contributed by atoms with Crippen LogP contribution in [0.3, 0.4) is 0 Å². The minimum atomic E-state index is -0.273. The third kappa shape index (κ3) is 4.42. The Balaban J connectivity index is 1.53. The fourth-order valence-electron chi connectivity index (χ4n) is 5.45. The lowest BCUT2D eigenvalue weighted by atomic mass is 9.81. The van der Waals surface area contributed by atoms with Crippen LogP contribution in [0, 0.1) is 18.2 Å². The van der Waals surface area contributed by atoms with Crippen LogP contribution in [0.2, 0.25) is 0 Å². The summed E-state index contributed by atoms with van der Waals surface area (Å²) in [7, 11) is 0. The van der Waals surface area contributed by atoms with Gasteiger partial charge in [0.1, 0.15) is 5.82 Å². The second-order valence-corrected chi connectivity index (χ2v) is 9.20. The first-order chi connectivity index (χ1) is 14.6. The number of nitrogens with zero attached hydrogens (tertiary/aromatic N) is 3. The lowest BCUT2D eigenvalue weighted by Gasteiger charge is -2.41. The summed E-state index contributed by atoms with van der Waals surface area (Å²) >= 11 is 0. The molecule has 0 N–H and O–H groups in total. The van der Waals surface area contributed by atoms with Gasteiger partial charge >= 0.3 is 0 Å². The molecular formula is C25H34FN3O. The molecule has 0 amide bonds. The summed E-state index contributed by atoms with van der Waals surface area (Å²) in [5.41, 5.74) is 3.65. The van der Waals surface area contributed by atoms with Crippen LogP contribution in [-0.4, -0.2) is 41.2 Å². The molecule has 2 aromatic heterocycles.